The van der Waals surface area contributed by atoms with Gasteiger partial charge in [-0.25, -0.2) is 13.2 Å². The molecule has 3 amide bonds. The number of hydrogen-bond donors (Lipinski definition) is 3. The summed E-state index contributed by atoms with van der Waals surface area (Å²) in [5.41, 5.74) is 1.03. The summed E-state index contributed by atoms with van der Waals surface area (Å²) in [6.45, 7) is 6.19. The van der Waals surface area contributed by atoms with Crippen molar-refractivity contribution >= 4 is 44.1 Å². The Labute approximate surface area is 312 Å². The van der Waals surface area contributed by atoms with Crippen molar-refractivity contribution in [1.29, 1.82) is 0 Å². The van der Waals surface area contributed by atoms with E-state index in [1.165, 1.54) is 25.3 Å². The molecule has 3 N–H and O–H groups in total. The SMILES string of the molecule is COc1ccc(S(=O)(=O)Nc2ccc3c(c2)C(=O)N([C@@H](C)CO)C[C@@H](C)[C@@H](CN(C)C(=O)Nc2cccc4ccccc24)OCCCC[C@@H](C)O3)cc1. The third kappa shape index (κ3) is 9.98. The molecule has 4 aromatic carbocycles. The summed E-state index contributed by atoms with van der Waals surface area (Å²) in [5.74, 6) is 0.114. The molecular formula is C40H50N4O8S. The summed E-state index contributed by atoms with van der Waals surface area (Å²) < 4.78 is 47.1. The third-order valence-corrected chi connectivity index (χ3v) is 10.9. The number of urea groups is 1. The smallest absolute Gasteiger partial charge is 0.321 e. The average Bonchev–Trinajstić information content (AvgIpc) is 3.15. The molecule has 12 nitrogen and oxygen atoms in total. The monoisotopic (exact) mass is 746 g/mol. The van der Waals surface area contributed by atoms with Crippen molar-refractivity contribution in [3.63, 3.8) is 0 Å². The van der Waals surface area contributed by atoms with Gasteiger partial charge < -0.3 is 34.4 Å². The number of nitrogens with zero attached hydrogens (tertiary/aromatic N) is 2. The van der Waals surface area contributed by atoms with E-state index in [0.29, 0.717) is 30.2 Å². The van der Waals surface area contributed by atoms with Crippen LogP contribution in [0.15, 0.2) is 89.8 Å². The maximum atomic E-state index is 14.5. The number of sulfonamides is 1. The first-order valence-electron chi connectivity index (χ1n) is 17.9. The summed E-state index contributed by atoms with van der Waals surface area (Å²) in [4.78, 5) is 31.1. The van der Waals surface area contributed by atoms with Crippen LogP contribution in [0.1, 0.15) is 50.4 Å². The highest BCUT2D eigenvalue weighted by atomic mass is 32.2. The topological polar surface area (TPSA) is 147 Å². The van der Waals surface area contributed by atoms with Crippen molar-refractivity contribution in [2.24, 2.45) is 5.92 Å². The number of methoxy groups -OCH3 is 1. The van der Waals surface area contributed by atoms with E-state index < -0.39 is 28.1 Å². The Balaban J connectivity index is 1.40. The van der Waals surface area contributed by atoms with E-state index in [2.05, 4.69) is 10.0 Å². The summed E-state index contributed by atoms with van der Waals surface area (Å²) >= 11 is 0. The minimum atomic E-state index is -4.01. The second kappa shape index (κ2) is 17.8. The van der Waals surface area contributed by atoms with Gasteiger partial charge in [-0.2, -0.15) is 0 Å². The van der Waals surface area contributed by atoms with Crippen LogP contribution in [0.25, 0.3) is 10.8 Å². The molecule has 0 spiro atoms. The Morgan fingerprint density at radius 2 is 1.77 bits per heavy atom. The highest BCUT2D eigenvalue weighted by molar-refractivity contribution is 7.92. The molecular weight excluding hydrogens is 697 g/mol. The van der Waals surface area contributed by atoms with E-state index in [1.807, 2.05) is 56.3 Å². The first-order valence-corrected chi connectivity index (χ1v) is 19.4. The lowest BCUT2D eigenvalue weighted by atomic mass is 10.0. The van der Waals surface area contributed by atoms with Crippen LogP contribution in [0.5, 0.6) is 11.5 Å². The molecule has 0 saturated carbocycles. The highest BCUT2D eigenvalue weighted by Gasteiger charge is 2.31. The Bertz CT molecular complexity index is 1970. The predicted molar refractivity (Wildman–Crippen MR) is 206 cm³/mol. The average molecular weight is 747 g/mol. The van der Waals surface area contributed by atoms with E-state index in [4.69, 9.17) is 14.2 Å². The number of anilines is 2. The lowest BCUT2D eigenvalue weighted by Gasteiger charge is -2.35. The van der Waals surface area contributed by atoms with E-state index in [1.54, 1.807) is 48.0 Å². The number of amides is 3. The number of ether oxygens (including phenoxy) is 3. The number of hydrogen-bond acceptors (Lipinski definition) is 8. The number of carbonyl (C=O) groups excluding carboxylic acids is 2. The van der Waals surface area contributed by atoms with Gasteiger partial charge in [0, 0.05) is 43.7 Å². The molecule has 13 heteroatoms. The predicted octanol–water partition coefficient (Wildman–Crippen LogP) is 6.61. The molecule has 4 aromatic rings. The number of aliphatic hydroxyl groups is 1. The number of likely N-dealkylation sites (N-methyl/N-ethyl adjacent to an activating group) is 1. The Morgan fingerprint density at radius 3 is 2.51 bits per heavy atom. The molecule has 0 unspecified atom stereocenters. The number of nitrogens with one attached hydrogen (secondary N) is 2. The van der Waals surface area contributed by atoms with Crippen LogP contribution in [0.3, 0.4) is 0 Å². The molecule has 1 heterocycles. The van der Waals surface area contributed by atoms with Crippen molar-refractivity contribution < 1.29 is 37.3 Å². The zero-order valence-electron chi connectivity index (χ0n) is 30.9. The molecule has 0 saturated heterocycles. The largest absolute Gasteiger partial charge is 0.497 e. The van der Waals surface area contributed by atoms with Gasteiger partial charge in [-0.05, 0) is 87.0 Å². The Kier molecular flexibility index (Phi) is 13.2. The van der Waals surface area contributed by atoms with Gasteiger partial charge in [0.25, 0.3) is 15.9 Å². The Morgan fingerprint density at radius 1 is 1.04 bits per heavy atom. The van der Waals surface area contributed by atoms with Crippen LogP contribution in [0.2, 0.25) is 0 Å². The van der Waals surface area contributed by atoms with Gasteiger partial charge >= 0.3 is 6.03 Å². The maximum Gasteiger partial charge on any atom is 0.321 e. The van der Waals surface area contributed by atoms with Gasteiger partial charge in [0.15, 0.2) is 0 Å². The second-order valence-electron chi connectivity index (χ2n) is 13.6. The van der Waals surface area contributed by atoms with Crippen molar-refractivity contribution in [2.75, 3.05) is 50.5 Å². The summed E-state index contributed by atoms with van der Waals surface area (Å²) in [6, 6.07) is 23.3. The first kappa shape index (κ1) is 39.4. The van der Waals surface area contributed by atoms with Gasteiger partial charge in [0.1, 0.15) is 11.5 Å². The molecule has 0 aromatic heterocycles. The first-order chi connectivity index (χ1) is 25.4. The molecule has 284 valence electrons. The number of carbonyl (C=O) groups is 2. The number of rotatable bonds is 9. The summed E-state index contributed by atoms with van der Waals surface area (Å²) in [7, 11) is -0.797. The fourth-order valence-corrected chi connectivity index (χ4v) is 7.36. The summed E-state index contributed by atoms with van der Waals surface area (Å²) in [5, 5.41) is 15.3. The molecule has 1 aliphatic heterocycles. The summed E-state index contributed by atoms with van der Waals surface area (Å²) in [6.07, 6.45) is 1.55. The van der Waals surface area contributed by atoms with Crippen LogP contribution in [-0.2, 0) is 14.8 Å². The Hall–Kier alpha value is -4.85. The van der Waals surface area contributed by atoms with Gasteiger partial charge in [0.2, 0.25) is 0 Å². The van der Waals surface area contributed by atoms with Crippen molar-refractivity contribution in [1.82, 2.24) is 9.80 Å². The van der Waals surface area contributed by atoms with Gasteiger partial charge in [-0.3, -0.25) is 9.52 Å². The normalized spacial score (nSPS) is 19.3. The van der Waals surface area contributed by atoms with Crippen LogP contribution >= 0.6 is 0 Å². The molecule has 53 heavy (non-hydrogen) atoms. The fraction of sp³-hybridized carbons (Fsp3) is 0.400. The van der Waals surface area contributed by atoms with E-state index in [0.717, 1.165) is 23.6 Å². The molecule has 0 radical (unpaired) electrons. The van der Waals surface area contributed by atoms with E-state index >= 15 is 0 Å². The van der Waals surface area contributed by atoms with Gasteiger partial charge in [-0.1, -0.05) is 43.3 Å². The minimum Gasteiger partial charge on any atom is -0.497 e. The van der Waals surface area contributed by atoms with Gasteiger partial charge in [0.05, 0.1) is 48.1 Å². The number of fused-ring (bicyclic) bond motifs is 2. The highest BCUT2D eigenvalue weighted by Crippen LogP contribution is 2.30. The van der Waals surface area contributed by atoms with Gasteiger partial charge in [-0.15, -0.1) is 0 Å². The molecule has 4 atom stereocenters. The maximum absolute atomic E-state index is 14.5. The standard InChI is InChI=1S/C40H50N4O8S/c1-27-24-44(28(2)26-45)39(46)35-23-31(42-53(48,49)33-19-17-32(50-5)18-20-33)16-21-37(35)52-29(3)11-8-9-22-51-38(27)25-43(4)40(47)41-36-15-10-13-30-12-6-7-14-34(30)36/h6-7,10,12-21,23,27-29,38,42,45H,8-9,11,22,24-26H2,1-5H3,(H,41,47)/t27-,28+,29-,38-/m1/s1. The van der Waals surface area contributed by atoms with Crippen LogP contribution in [0.4, 0.5) is 16.2 Å². The second-order valence-corrected chi connectivity index (χ2v) is 15.3. The molecule has 0 bridgehead atoms. The molecule has 1 aliphatic rings. The zero-order chi connectivity index (χ0) is 38.1. The molecule has 0 fully saturated rings. The molecule has 0 aliphatic carbocycles. The van der Waals surface area contributed by atoms with Crippen molar-refractivity contribution in [2.45, 2.75) is 63.2 Å². The van der Waals surface area contributed by atoms with E-state index in [9.17, 15) is 23.1 Å². The van der Waals surface area contributed by atoms with Crippen molar-refractivity contribution in [3.8, 4) is 11.5 Å². The quantitative estimate of drug-likeness (QED) is 0.174. The lowest BCUT2D eigenvalue weighted by Crippen LogP contribution is -2.48. The van der Waals surface area contributed by atoms with E-state index in [-0.39, 0.29) is 53.9 Å². The number of benzene rings is 4. The number of aliphatic hydroxyl groups excluding tert-OH is 1. The van der Waals surface area contributed by atoms with Crippen LogP contribution < -0.4 is 19.5 Å². The third-order valence-electron chi connectivity index (χ3n) is 9.51. The molecule has 5 rings (SSSR count). The van der Waals surface area contributed by atoms with Crippen LogP contribution in [0, 0.1) is 5.92 Å². The van der Waals surface area contributed by atoms with Crippen molar-refractivity contribution in [3.05, 3.63) is 90.5 Å². The zero-order valence-corrected chi connectivity index (χ0v) is 31.8. The minimum absolute atomic E-state index is 0.0285. The van der Waals surface area contributed by atoms with Crippen LogP contribution in [-0.4, -0.2) is 94.0 Å². The fourth-order valence-electron chi connectivity index (χ4n) is 6.32. The lowest BCUT2D eigenvalue weighted by molar-refractivity contribution is -0.0115.